The third-order valence-corrected chi connectivity index (χ3v) is 2.57. The van der Waals surface area contributed by atoms with Crippen molar-refractivity contribution in [1.29, 1.82) is 0 Å². The zero-order valence-electron chi connectivity index (χ0n) is 10.7. The van der Waals surface area contributed by atoms with Crippen molar-refractivity contribution in [2.45, 2.75) is 38.6 Å². The molecule has 0 bridgehead atoms. The SMILES string of the molecule is CCCC(C)(N)C(=O)NCCc1ncn(C)n1. The first-order valence-electron chi connectivity index (χ1n) is 5.87. The molecule has 0 spiro atoms. The van der Waals surface area contributed by atoms with E-state index >= 15 is 0 Å². The standard InChI is InChI=1S/C11H21N5O/c1-4-6-11(2,12)10(17)13-7-5-9-14-8-16(3)15-9/h8H,4-7,12H2,1-3H3,(H,13,17). The molecule has 0 aliphatic carbocycles. The topological polar surface area (TPSA) is 85.8 Å². The lowest BCUT2D eigenvalue weighted by Gasteiger charge is -2.22. The first-order chi connectivity index (χ1) is 7.95. The Labute approximate surface area is 102 Å². The molecule has 1 aromatic heterocycles. The molecule has 0 saturated carbocycles. The van der Waals surface area contributed by atoms with Crippen LogP contribution in [-0.2, 0) is 18.3 Å². The van der Waals surface area contributed by atoms with Crippen LogP contribution >= 0.6 is 0 Å². The zero-order valence-corrected chi connectivity index (χ0v) is 10.7. The fraction of sp³-hybridized carbons (Fsp3) is 0.727. The summed E-state index contributed by atoms with van der Waals surface area (Å²) in [6.45, 7) is 4.28. The van der Waals surface area contributed by atoms with Crippen LogP contribution in [0.25, 0.3) is 0 Å². The van der Waals surface area contributed by atoms with Crippen LogP contribution in [0.3, 0.4) is 0 Å². The van der Waals surface area contributed by atoms with Crippen molar-refractivity contribution in [2.75, 3.05) is 6.54 Å². The van der Waals surface area contributed by atoms with Gasteiger partial charge in [-0.25, -0.2) is 4.98 Å². The van der Waals surface area contributed by atoms with Gasteiger partial charge in [0, 0.05) is 20.0 Å². The van der Waals surface area contributed by atoms with Crippen molar-refractivity contribution in [3.63, 3.8) is 0 Å². The summed E-state index contributed by atoms with van der Waals surface area (Å²) in [5, 5.41) is 6.94. The molecule has 6 heteroatoms. The normalized spacial score (nSPS) is 14.4. The molecule has 0 saturated heterocycles. The highest BCUT2D eigenvalue weighted by molar-refractivity contribution is 5.85. The third kappa shape index (κ3) is 4.14. The van der Waals surface area contributed by atoms with Gasteiger partial charge in [-0.15, -0.1) is 0 Å². The molecular weight excluding hydrogens is 218 g/mol. The molecule has 1 rings (SSSR count). The van der Waals surface area contributed by atoms with Crippen LogP contribution in [-0.4, -0.2) is 32.8 Å². The summed E-state index contributed by atoms with van der Waals surface area (Å²) in [5.74, 6) is 0.609. The van der Waals surface area contributed by atoms with Crippen LogP contribution in [0.2, 0.25) is 0 Å². The van der Waals surface area contributed by atoms with E-state index in [2.05, 4.69) is 15.4 Å². The number of amides is 1. The fourth-order valence-corrected chi connectivity index (χ4v) is 1.62. The second-order valence-electron chi connectivity index (χ2n) is 4.51. The number of hydrogen-bond donors (Lipinski definition) is 2. The molecule has 1 amide bonds. The largest absolute Gasteiger partial charge is 0.354 e. The average molecular weight is 239 g/mol. The minimum Gasteiger partial charge on any atom is -0.354 e. The summed E-state index contributed by atoms with van der Waals surface area (Å²) in [6.07, 6.45) is 3.83. The average Bonchev–Trinajstić information content (AvgIpc) is 2.64. The number of carbonyl (C=O) groups excluding carboxylic acids is 1. The highest BCUT2D eigenvalue weighted by Gasteiger charge is 2.26. The Morgan fingerprint density at radius 2 is 2.35 bits per heavy atom. The van der Waals surface area contributed by atoms with Crippen molar-refractivity contribution in [1.82, 2.24) is 20.1 Å². The number of nitrogens with zero attached hydrogens (tertiary/aromatic N) is 3. The van der Waals surface area contributed by atoms with Gasteiger partial charge in [0.15, 0.2) is 5.82 Å². The lowest BCUT2D eigenvalue weighted by Crippen LogP contribution is -2.51. The van der Waals surface area contributed by atoms with Crippen molar-refractivity contribution >= 4 is 5.91 Å². The van der Waals surface area contributed by atoms with E-state index in [4.69, 9.17) is 5.73 Å². The minimum absolute atomic E-state index is 0.115. The van der Waals surface area contributed by atoms with Gasteiger partial charge >= 0.3 is 0 Å². The van der Waals surface area contributed by atoms with E-state index in [9.17, 15) is 4.79 Å². The molecule has 0 radical (unpaired) electrons. The van der Waals surface area contributed by atoms with Crippen LogP contribution in [0.1, 0.15) is 32.5 Å². The van der Waals surface area contributed by atoms with E-state index in [1.54, 1.807) is 17.9 Å². The van der Waals surface area contributed by atoms with Crippen LogP contribution < -0.4 is 11.1 Å². The first kappa shape index (κ1) is 13.6. The number of carbonyl (C=O) groups is 1. The molecule has 3 N–H and O–H groups in total. The summed E-state index contributed by atoms with van der Waals surface area (Å²) < 4.78 is 1.64. The molecule has 0 fully saturated rings. The quantitative estimate of drug-likeness (QED) is 0.731. The van der Waals surface area contributed by atoms with E-state index in [-0.39, 0.29) is 5.91 Å². The molecule has 17 heavy (non-hydrogen) atoms. The van der Waals surface area contributed by atoms with E-state index < -0.39 is 5.54 Å². The third-order valence-electron chi connectivity index (χ3n) is 2.57. The zero-order chi connectivity index (χ0) is 12.9. The molecule has 0 aliphatic heterocycles. The summed E-state index contributed by atoms with van der Waals surface area (Å²) >= 11 is 0. The Hall–Kier alpha value is -1.43. The van der Waals surface area contributed by atoms with E-state index in [1.807, 2.05) is 14.0 Å². The van der Waals surface area contributed by atoms with Crippen molar-refractivity contribution < 1.29 is 4.79 Å². The van der Waals surface area contributed by atoms with Crippen molar-refractivity contribution in [3.05, 3.63) is 12.2 Å². The van der Waals surface area contributed by atoms with Crippen LogP contribution in [0, 0.1) is 0 Å². The monoisotopic (exact) mass is 239 g/mol. The molecular formula is C11H21N5O. The highest BCUT2D eigenvalue weighted by atomic mass is 16.2. The number of rotatable bonds is 6. The maximum absolute atomic E-state index is 11.8. The summed E-state index contributed by atoms with van der Waals surface area (Å²) in [7, 11) is 1.81. The van der Waals surface area contributed by atoms with Gasteiger partial charge in [0.1, 0.15) is 6.33 Å². The van der Waals surface area contributed by atoms with Gasteiger partial charge in [-0.05, 0) is 13.3 Å². The molecule has 0 aliphatic rings. The lowest BCUT2D eigenvalue weighted by molar-refractivity contribution is -0.126. The first-order valence-corrected chi connectivity index (χ1v) is 5.87. The maximum Gasteiger partial charge on any atom is 0.239 e. The number of hydrogen-bond acceptors (Lipinski definition) is 4. The summed E-state index contributed by atoms with van der Waals surface area (Å²) in [4.78, 5) is 15.8. The molecule has 1 heterocycles. The van der Waals surface area contributed by atoms with E-state index in [1.165, 1.54) is 0 Å². The van der Waals surface area contributed by atoms with Gasteiger partial charge in [-0.2, -0.15) is 5.10 Å². The number of nitrogens with two attached hydrogens (primary N) is 1. The van der Waals surface area contributed by atoms with Gasteiger partial charge in [0.2, 0.25) is 5.91 Å². The predicted molar refractivity (Wildman–Crippen MR) is 65.2 cm³/mol. The lowest BCUT2D eigenvalue weighted by atomic mass is 9.96. The maximum atomic E-state index is 11.8. The van der Waals surface area contributed by atoms with E-state index in [0.29, 0.717) is 19.4 Å². The smallest absolute Gasteiger partial charge is 0.239 e. The second kappa shape index (κ2) is 5.77. The number of aryl methyl sites for hydroxylation is 1. The van der Waals surface area contributed by atoms with Crippen LogP contribution in [0.4, 0.5) is 0 Å². The van der Waals surface area contributed by atoms with Gasteiger partial charge < -0.3 is 11.1 Å². The molecule has 1 atom stereocenters. The Morgan fingerprint density at radius 1 is 1.65 bits per heavy atom. The Morgan fingerprint density at radius 3 is 2.88 bits per heavy atom. The minimum atomic E-state index is -0.785. The van der Waals surface area contributed by atoms with Gasteiger partial charge in [0.05, 0.1) is 5.54 Å². The molecule has 6 nitrogen and oxygen atoms in total. The summed E-state index contributed by atoms with van der Waals surface area (Å²) in [5.41, 5.74) is 5.12. The van der Waals surface area contributed by atoms with E-state index in [0.717, 1.165) is 12.2 Å². The fourth-order valence-electron chi connectivity index (χ4n) is 1.62. The second-order valence-corrected chi connectivity index (χ2v) is 4.51. The molecule has 1 aromatic rings. The van der Waals surface area contributed by atoms with Crippen LogP contribution in [0.15, 0.2) is 6.33 Å². The Balaban J connectivity index is 2.33. The van der Waals surface area contributed by atoms with Crippen LogP contribution in [0.5, 0.6) is 0 Å². The Kier molecular flexibility index (Phi) is 4.62. The molecule has 0 aromatic carbocycles. The van der Waals surface area contributed by atoms with Crippen molar-refractivity contribution in [3.8, 4) is 0 Å². The number of aromatic nitrogens is 3. The predicted octanol–water partition coefficient (Wildman–Crippen LogP) is -0.00870. The van der Waals surface area contributed by atoms with Crippen molar-refractivity contribution in [2.24, 2.45) is 12.8 Å². The van der Waals surface area contributed by atoms with Gasteiger partial charge in [0.25, 0.3) is 0 Å². The van der Waals surface area contributed by atoms with Gasteiger partial charge in [-0.1, -0.05) is 13.3 Å². The molecule has 96 valence electrons. The number of nitrogens with one attached hydrogen (secondary N) is 1. The Bertz CT molecular complexity index is 372. The highest BCUT2D eigenvalue weighted by Crippen LogP contribution is 2.08. The van der Waals surface area contributed by atoms with Gasteiger partial charge in [-0.3, -0.25) is 9.48 Å². The summed E-state index contributed by atoms with van der Waals surface area (Å²) in [6, 6.07) is 0. The molecule has 1 unspecified atom stereocenters.